The molecule has 0 aromatic heterocycles. The summed E-state index contributed by atoms with van der Waals surface area (Å²) in [7, 11) is -4.83. The van der Waals surface area contributed by atoms with E-state index >= 15 is 0 Å². The van der Waals surface area contributed by atoms with Crippen molar-refractivity contribution in [2.24, 2.45) is 0 Å². The molecule has 0 aromatic carbocycles. The first kappa shape index (κ1) is 23.1. The van der Waals surface area contributed by atoms with Crippen LogP contribution in [0.15, 0.2) is 0 Å². The van der Waals surface area contributed by atoms with Crippen molar-refractivity contribution in [3.8, 4) is 0 Å². The van der Waals surface area contributed by atoms with E-state index in [0.717, 1.165) is 38.5 Å². The molecule has 0 amide bonds. The maximum absolute atomic E-state index is 10.8. The fourth-order valence-corrected chi connectivity index (χ4v) is 3.53. The first-order chi connectivity index (χ1) is 10.5. The SMILES string of the molecule is CC(C)(C)[Si](C)(C)OCCCCCCCCCCOS(C)(=O)=O. The second kappa shape index (κ2) is 10.8. The summed E-state index contributed by atoms with van der Waals surface area (Å²) >= 11 is 0. The van der Waals surface area contributed by atoms with Crippen LogP contribution in [0.25, 0.3) is 0 Å². The van der Waals surface area contributed by atoms with Crippen LogP contribution in [0, 0.1) is 0 Å². The van der Waals surface area contributed by atoms with Crippen molar-refractivity contribution in [3.63, 3.8) is 0 Å². The predicted octanol–water partition coefficient (Wildman–Crippen LogP) is 5.11. The van der Waals surface area contributed by atoms with E-state index in [1.54, 1.807) is 0 Å². The lowest BCUT2D eigenvalue weighted by Gasteiger charge is -2.36. The molecular formula is C17H38O4SSi. The van der Waals surface area contributed by atoms with Gasteiger partial charge in [-0.1, -0.05) is 59.3 Å². The van der Waals surface area contributed by atoms with E-state index in [4.69, 9.17) is 8.61 Å². The minimum absolute atomic E-state index is 0.299. The lowest BCUT2D eigenvalue weighted by atomic mass is 10.1. The number of hydrogen-bond acceptors (Lipinski definition) is 4. The molecule has 0 saturated carbocycles. The Kier molecular flexibility index (Phi) is 10.9. The molecule has 4 nitrogen and oxygen atoms in total. The highest BCUT2D eigenvalue weighted by Crippen LogP contribution is 2.36. The molecule has 23 heavy (non-hydrogen) atoms. The Morgan fingerprint density at radius 3 is 1.57 bits per heavy atom. The summed E-state index contributed by atoms with van der Waals surface area (Å²) < 4.78 is 32.4. The molecule has 140 valence electrons. The lowest BCUT2D eigenvalue weighted by molar-refractivity contribution is 0.277. The molecule has 0 spiro atoms. The topological polar surface area (TPSA) is 52.6 Å². The van der Waals surface area contributed by atoms with E-state index in [2.05, 4.69) is 33.9 Å². The largest absolute Gasteiger partial charge is 0.417 e. The Hall–Kier alpha value is 0.0869. The van der Waals surface area contributed by atoms with Crippen LogP contribution >= 0.6 is 0 Å². The van der Waals surface area contributed by atoms with Gasteiger partial charge in [-0.25, -0.2) is 0 Å². The average Bonchev–Trinajstić information content (AvgIpc) is 2.37. The van der Waals surface area contributed by atoms with Crippen LogP contribution in [0.4, 0.5) is 0 Å². The minimum Gasteiger partial charge on any atom is -0.417 e. The Labute approximate surface area is 145 Å². The van der Waals surface area contributed by atoms with Crippen molar-refractivity contribution in [2.45, 2.75) is 90.3 Å². The molecule has 0 rings (SSSR count). The Morgan fingerprint density at radius 2 is 1.17 bits per heavy atom. The second-order valence-electron chi connectivity index (χ2n) is 7.96. The van der Waals surface area contributed by atoms with Crippen LogP contribution in [-0.2, 0) is 18.7 Å². The molecule has 0 aliphatic carbocycles. The van der Waals surface area contributed by atoms with Gasteiger partial charge in [-0.2, -0.15) is 8.42 Å². The van der Waals surface area contributed by atoms with E-state index in [0.29, 0.717) is 11.6 Å². The lowest BCUT2D eigenvalue weighted by Crippen LogP contribution is -2.40. The van der Waals surface area contributed by atoms with Gasteiger partial charge in [0, 0.05) is 6.61 Å². The molecule has 0 heterocycles. The fraction of sp³-hybridized carbons (Fsp3) is 1.00. The fourth-order valence-electron chi connectivity index (χ4n) is 2.02. The predicted molar refractivity (Wildman–Crippen MR) is 101 cm³/mol. The van der Waals surface area contributed by atoms with Gasteiger partial charge < -0.3 is 4.43 Å². The molecule has 0 atom stereocenters. The number of hydrogen-bond donors (Lipinski definition) is 0. The Balaban J connectivity index is 3.38. The molecule has 0 aliphatic heterocycles. The Morgan fingerprint density at radius 1 is 0.783 bits per heavy atom. The summed E-state index contributed by atoms with van der Waals surface area (Å²) in [5.41, 5.74) is 0. The van der Waals surface area contributed by atoms with Gasteiger partial charge in [0.1, 0.15) is 0 Å². The highest BCUT2D eigenvalue weighted by Gasteiger charge is 2.36. The molecule has 0 radical (unpaired) electrons. The van der Waals surface area contributed by atoms with E-state index < -0.39 is 18.4 Å². The summed E-state index contributed by atoms with van der Waals surface area (Å²) in [6.07, 6.45) is 10.3. The Bertz CT molecular complexity index is 399. The zero-order valence-corrected chi connectivity index (χ0v) is 17.9. The second-order valence-corrected chi connectivity index (χ2v) is 14.4. The quantitative estimate of drug-likeness (QED) is 0.258. The normalized spacial score (nSPS) is 13.5. The average molecular weight is 367 g/mol. The van der Waals surface area contributed by atoms with Crippen molar-refractivity contribution in [1.82, 2.24) is 0 Å². The number of unbranched alkanes of at least 4 members (excludes halogenated alkanes) is 7. The van der Waals surface area contributed by atoms with E-state index in [1.807, 2.05) is 0 Å². The third kappa shape index (κ3) is 13.1. The van der Waals surface area contributed by atoms with Gasteiger partial charge in [-0.3, -0.25) is 4.18 Å². The molecule has 0 bridgehead atoms. The first-order valence-corrected chi connectivity index (χ1v) is 13.7. The third-order valence-electron chi connectivity index (χ3n) is 4.61. The van der Waals surface area contributed by atoms with Gasteiger partial charge in [0.2, 0.25) is 0 Å². The van der Waals surface area contributed by atoms with E-state index in [1.165, 1.54) is 25.7 Å². The van der Waals surface area contributed by atoms with Gasteiger partial charge in [0.25, 0.3) is 10.1 Å². The maximum Gasteiger partial charge on any atom is 0.264 e. The smallest absolute Gasteiger partial charge is 0.264 e. The molecule has 0 aliphatic rings. The molecule has 0 N–H and O–H groups in total. The van der Waals surface area contributed by atoms with Gasteiger partial charge in [0.05, 0.1) is 12.9 Å². The van der Waals surface area contributed by atoms with E-state index in [-0.39, 0.29) is 0 Å². The van der Waals surface area contributed by atoms with Crippen molar-refractivity contribution >= 4 is 18.4 Å². The molecular weight excluding hydrogens is 328 g/mol. The summed E-state index contributed by atoms with van der Waals surface area (Å²) in [5.74, 6) is 0. The summed E-state index contributed by atoms with van der Waals surface area (Å²) in [4.78, 5) is 0. The standard InChI is InChI=1S/C17H38O4SSi/c1-17(2,3)23(5,6)21-16-14-12-10-8-7-9-11-13-15-20-22(4,18)19/h7-16H2,1-6H3. The molecule has 0 unspecified atom stereocenters. The van der Waals surface area contributed by atoms with Gasteiger partial charge in [0.15, 0.2) is 8.32 Å². The summed E-state index contributed by atoms with van der Waals surface area (Å²) in [5, 5.41) is 0.299. The van der Waals surface area contributed by atoms with E-state index in [9.17, 15) is 8.42 Å². The van der Waals surface area contributed by atoms with Crippen LogP contribution in [0.2, 0.25) is 18.1 Å². The first-order valence-electron chi connectivity index (χ1n) is 8.94. The monoisotopic (exact) mass is 366 g/mol. The van der Waals surface area contributed by atoms with Crippen LogP contribution in [0.1, 0.15) is 72.1 Å². The number of rotatable bonds is 13. The zero-order valence-electron chi connectivity index (χ0n) is 16.1. The van der Waals surface area contributed by atoms with Crippen molar-refractivity contribution in [3.05, 3.63) is 0 Å². The molecule has 6 heteroatoms. The van der Waals surface area contributed by atoms with Gasteiger partial charge >= 0.3 is 0 Å². The zero-order chi connectivity index (χ0) is 18.0. The van der Waals surface area contributed by atoms with Crippen LogP contribution in [0.5, 0.6) is 0 Å². The van der Waals surface area contributed by atoms with Crippen LogP contribution < -0.4 is 0 Å². The van der Waals surface area contributed by atoms with Crippen LogP contribution in [0.3, 0.4) is 0 Å². The maximum atomic E-state index is 10.8. The summed E-state index contributed by atoms with van der Waals surface area (Å²) in [6, 6.07) is 0. The third-order valence-corrected chi connectivity index (χ3v) is 9.74. The molecule has 0 fully saturated rings. The van der Waals surface area contributed by atoms with Crippen LogP contribution in [-0.4, -0.2) is 36.2 Å². The van der Waals surface area contributed by atoms with Crippen molar-refractivity contribution in [1.29, 1.82) is 0 Å². The van der Waals surface area contributed by atoms with Gasteiger partial charge in [-0.05, 0) is 31.0 Å². The van der Waals surface area contributed by atoms with Gasteiger partial charge in [-0.15, -0.1) is 0 Å². The highest BCUT2D eigenvalue weighted by molar-refractivity contribution is 7.85. The van der Waals surface area contributed by atoms with Crippen molar-refractivity contribution < 1.29 is 17.0 Å². The molecule has 0 saturated heterocycles. The van der Waals surface area contributed by atoms with Crippen molar-refractivity contribution in [2.75, 3.05) is 19.5 Å². The highest BCUT2D eigenvalue weighted by atomic mass is 32.2. The minimum atomic E-state index is -3.26. The summed E-state index contributed by atoms with van der Waals surface area (Å²) in [6.45, 7) is 12.7. The molecule has 0 aromatic rings.